The number of benzene rings is 1. The van der Waals surface area contributed by atoms with Gasteiger partial charge in [0, 0.05) is 18.2 Å². The Hall–Kier alpha value is -2.05. The van der Waals surface area contributed by atoms with E-state index in [0.717, 1.165) is 0 Å². The molecule has 0 radical (unpaired) electrons. The van der Waals surface area contributed by atoms with E-state index in [9.17, 15) is 9.59 Å². The van der Waals surface area contributed by atoms with Crippen LogP contribution in [0.5, 0.6) is 0 Å². The van der Waals surface area contributed by atoms with E-state index in [-0.39, 0.29) is 24.0 Å². The van der Waals surface area contributed by atoms with Gasteiger partial charge in [-0.15, -0.1) is 0 Å². The first-order valence-electron chi connectivity index (χ1n) is 9.63. The third kappa shape index (κ3) is 6.47. The van der Waals surface area contributed by atoms with Crippen molar-refractivity contribution in [3.63, 3.8) is 0 Å². The molecular weight excluding hydrogens is 413 g/mol. The first-order chi connectivity index (χ1) is 13.6. The van der Waals surface area contributed by atoms with Crippen LogP contribution in [-0.2, 0) is 11.3 Å². The molecule has 0 fully saturated rings. The summed E-state index contributed by atoms with van der Waals surface area (Å²) in [5, 5.41) is 17.3. The highest BCUT2D eigenvalue weighted by atomic mass is 35.5. The van der Waals surface area contributed by atoms with Crippen LogP contribution in [0.2, 0.25) is 10.0 Å². The molecule has 1 atom stereocenters. The predicted octanol–water partition coefficient (Wildman–Crippen LogP) is 5.13. The molecule has 0 aliphatic heterocycles. The van der Waals surface area contributed by atoms with Crippen LogP contribution in [0, 0.1) is 11.8 Å². The summed E-state index contributed by atoms with van der Waals surface area (Å²) < 4.78 is 1.72. The summed E-state index contributed by atoms with van der Waals surface area (Å²) in [6.45, 7) is 8.64. The van der Waals surface area contributed by atoms with Crippen LogP contribution in [-0.4, -0.2) is 32.8 Å². The molecule has 0 spiro atoms. The van der Waals surface area contributed by atoms with E-state index in [0.29, 0.717) is 34.3 Å². The lowest BCUT2D eigenvalue weighted by Gasteiger charge is -2.18. The van der Waals surface area contributed by atoms with E-state index >= 15 is 0 Å². The Bertz CT molecular complexity index is 858. The number of carbonyl (C=O) groups excluding carboxylic acids is 1. The maximum Gasteiger partial charge on any atom is 0.305 e. The average Bonchev–Trinajstić information content (AvgIpc) is 2.96. The van der Waals surface area contributed by atoms with E-state index in [1.165, 1.54) is 0 Å². The lowest BCUT2D eigenvalue weighted by molar-refractivity contribution is -0.137. The zero-order valence-corrected chi connectivity index (χ0v) is 18.6. The summed E-state index contributed by atoms with van der Waals surface area (Å²) in [4.78, 5) is 24.0. The van der Waals surface area contributed by atoms with Crippen molar-refractivity contribution in [2.45, 2.75) is 53.1 Å². The van der Waals surface area contributed by atoms with Gasteiger partial charge in [-0.25, -0.2) is 0 Å². The van der Waals surface area contributed by atoms with Gasteiger partial charge in [0.15, 0.2) is 5.69 Å². The fourth-order valence-corrected chi connectivity index (χ4v) is 3.78. The van der Waals surface area contributed by atoms with Gasteiger partial charge in [0.05, 0.1) is 22.2 Å². The summed E-state index contributed by atoms with van der Waals surface area (Å²) in [5.74, 6) is -0.837. The van der Waals surface area contributed by atoms with Gasteiger partial charge in [0.2, 0.25) is 0 Å². The maximum absolute atomic E-state index is 12.8. The van der Waals surface area contributed by atoms with Crippen molar-refractivity contribution in [2.24, 2.45) is 11.8 Å². The molecule has 0 aliphatic carbocycles. The van der Waals surface area contributed by atoms with E-state index in [1.54, 1.807) is 28.9 Å². The third-order valence-electron chi connectivity index (χ3n) is 4.28. The lowest BCUT2D eigenvalue weighted by atomic mass is 10.0. The van der Waals surface area contributed by atoms with Gasteiger partial charge >= 0.3 is 5.97 Å². The summed E-state index contributed by atoms with van der Waals surface area (Å²) in [7, 11) is 0. The Morgan fingerprint density at radius 2 is 1.76 bits per heavy atom. The zero-order chi connectivity index (χ0) is 21.7. The first kappa shape index (κ1) is 23.2. The number of carboxylic acids is 1. The molecule has 29 heavy (non-hydrogen) atoms. The Balaban J connectivity index is 2.39. The van der Waals surface area contributed by atoms with Gasteiger partial charge in [-0.3, -0.25) is 14.3 Å². The average molecular weight is 440 g/mol. The highest BCUT2D eigenvalue weighted by Gasteiger charge is 2.23. The van der Waals surface area contributed by atoms with Gasteiger partial charge in [0.25, 0.3) is 5.91 Å². The normalized spacial score (nSPS) is 12.4. The van der Waals surface area contributed by atoms with E-state index in [4.69, 9.17) is 28.3 Å². The van der Waals surface area contributed by atoms with Crippen LogP contribution in [0.1, 0.15) is 51.0 Å². The number of nitrogens with zero attached hydrogens (tertiary/aromatic N) is 2. The number of carbonyl (C=O) groups is 2. The van der Waals surface area contributed by atoms with Gasteiger partial charge in [-0.05, 0) is 36.5 Å². The standard InChI is InChI=1S/C21H27Cl2N3O3/c1-12(2)8-14(9-19(27)28)24-21(29)17-10-18(26(25-17)11-13(3)4)20-15(22)6-5-7-16(20)23/h5-7,10,12-14H,8-9,11H2,1-4H3,(H,24,29)(H,27,28)/t14-/m0/s1. The number of nitrogens with one attached hydrogen (secondary N) is 1. The second-order valence-electron chi connectivity index (χ2n) is 7.99. The molecule has 6 nitrogen and oxygen atoms in total. The quantitative estimate of drug-likeness (QED) is 0.566. The topological polar surface area (TPSA) is 84.2 Å². The monoisotopic (exact) mass is 439 g/mol. The van der Waals surface area contributed by atoms with Crippen molar-refractivity contribution < 1.29 is 14.7 Å². The SMILES string of the molecule is CC(C)C[C@@H](CC(=O)O)NC(=O)c1cc(-c2c(Cl)cccc2Cl)n(CC(C)C)n1. The molecule has 1 amide bonds. The molecular formula is C21H27Cl2N3O3. The van der Waals surface area contributed by atoms with Crippen LogP contribution in [0.25, 0.3) is 11.3 Å². The summed E-state index contributed by atoms with van der Waals surface area (Å²) in [6.07, 6.45) is 0.424. The Morgan fingerprint density at radius 1 is 1.14 bits per heavy atom. The smallest absolute Gasteiger partial charge is 0.305 e. The summed E-state index contributed by atoms with van der Waals surface area (Å²) in [6, 6.07) is 6.41. The third-order valence-corrected chi connectivity index (χ3v) is 4.91. The highest BCUT2D eigenvalue weighted by Crippen LogP contribution is 2.35. The number of aromatic nitrogens is 2. The van der Waals surface area contributed by atoms with Crippen molar-refractivity contribution >= 4 is 35.1 Å². The van der Waals surface area contributed by atoms with Crippen LogP contribution in [0.3, 0.4) is 0 Å². The predicted molar refractivity (Wildman–Crippen MR) is 115 cm³/mol. The highest BCUT2D eigenvalue weighted by molar-refractivity contribution is 6.39. The minimum atomic E-state index is -0.954. The number of rotatable bonds is 9. The van der Waals surface area contributed by atoms with Crippen molar-refractivity contribution in [3.05, 3.63) is 40.0 Å². The van der Waals surface area contributed by atoms with Crippen molar-refractivity contribution in [3.8, 4) is 11.3 Å². The summed E-state index contributed by atoms with van der Waals surface area (Å²) >= 11 is 12.7. The number of carboxylic acid groups (broad SMARTS) is 1. The van der Waals surface area contributed by atoms with Crippen LogP contribution in [0.15, 0.2) is 24.3 Å². The minimum absolute atomic E-state index is 0.139. The number of halogens is 2. The Morgan fingerprint density at radius 3 is 2.28 bits per heavy atom. The molecule has 2 N–H and O–H groups in total. The van der Waals surface area contributed by atoms with E-state index in [2.05, 4.69) is 10.4 Å². The molecule has 2 aromatic rings. The molecule has 2 rings (SSSR count). The number of hydrogen-bond donors (Lipinski definition) is 2. The van der Waals surface area contributed by atoms with E-state index < -0.39 is 17.9 Å². The second kappa shape index (κ2) is 10.1. The second-order valence-corrected chi connectivity index (χ2v) is 8.80. The molecule has 1 heterocycles. The lowest BCUT2D eigenvalue weighted by Crippen LogP contribution is -2.37. The minimum Gasteiger partial charge on any atom is -0.481 e. The van der Waals surface area contributed by atoms with E-state index in [1.807, 2.05) is 27.7 Å². The molecule has 1 aromatic carbocycles. The van der Waals surface area contributed by atoms with Gasteiger partial charge in [0.1, 0.15) is 0 Å². The molecule has 0 saturated carbocycles. The van der Waals surface area contributed by atoms with Crippen molar-refractivity contribution in [1.29, 1.82) is 0 Å². The van der Waals surface area contributed by atoms with Crippen LogP contribution in [0.4, 0.5) is 0 Å². The van der Waals surface area contributed by atoms with Gasteiger partial charge in [-0.1, -0.05) is 57.0 Å². The van der Waals surface area contributed by atoms with Crippen LogP contribution >= 0.6 is 23.2 Å². The molecule has 0 unspecified atom stereocenters. The molecule has 0 bridgehead atoms. The Kier molecular flexibility index (Phi) is 8.11. The number of amides is 1. The molecule has 1 aromatic heterocycles. The molecule has 8 heteroatoms. The fourth-order valence-electron chi connectivity index (χ4n) is 3.19. The first-order valence-corrected chi connectivity index (χ1v) is 10.4. The molecule has 0 saturated heterocycles. The molecule has 0 aliphatic rings. The van der Waals surface area contributed by atoms with Gasteiger partial charge in [-0.2, -0.15) is 5.10 Å². The summed E-state index contributed by atoms with van der Waals surface area (Å²) in [5.41, 5.74) is 1.47. The maximum atomic E-state index is 12.8. The van der Waals surface area contributed by atoms with Crippen LogP contribution < -0.4 is 5.32 Å². The Labute approximate surface area is 181 Å². The fraction of sp³-hybridized carbons (Fsp3) is 0.476. The molecule has 158 valence electrons. The number of aliphatic carboxylic acids is 1. The van der Waals surface area contributed by atoms with Gasteiger partial charge < -0.3 is 10.4 Å². The van der Waals surface area contributed by atoms with Crippen molar-refractivity contribution in [1.82, 2.24) is 15.1 Å². The largest absolute Gasteiger partial charge is 0.481 e. The van der Waals surface area contributed by atoms with Crippen molar-refractivity contribution in [2.75, 3.05) is 0 Å². The zero-order valence-electron chi connectivity index (χ0n) is 17.1. The number of hydrogen-bond acceptors (Lipinski definition) is 3.